The Morgan fingerprint density at radius 1 is 1.04 bits per heavy atom. The van der Waals surface area contributed by atoms with Gasteiger partial charge in [0.05, 0.1) is 7.11 Å². The van der Waals surface area contributed by atoms with Crippen LogP contribution in [0.4, 0.5) is 0 Å². The Balaban J connectivity index is 0.000000409. The van der Waals surface area contributed by atoms with Crippen molar-refractivity contribution < 1.29 is 29.3 Å². The first-order chi connectivity index (χ1) is 13.1. The zero-order valence-corrected chi connectivity index (χ0v) is 16.5. The van der Waals surface area contributed by atoms with Crippen LogP contribution in [0.2, 0.25) is 0 Å². The maximum absolute atomic E-state index is 11.2. The van der Waals surface area contributed by atoms with E-state index in [1.54, 1.807) is 0 Å². The molecular weight excluding hydrogens is 360 g/mol. The fourth-order valence-electron chi connectivity index (χ4n) is 5.91. The molecule has 6 heteroatoms. The lowest BCUT2D eigenvalue weighted by Gasteiger charge is -2.62. The van der Waals surface area contributed by atoms with Gasteiger partial charge in [-0.3, -0.25) is 0 Å². The van der Waals surface area contributed by atoms with Crippen LogP contribution in [0.5, 0.6) is 0 Å². The van der Waals surface area contributed by atoms with Crippen LogP contribution in [-0.2, 0) is 19.1 Å². The summed E-state index contributed by atoms with van der Waals surface area (Å²) in [4.78, 5) is 32.3. The molecule has 3 unspecified atom stereocenters. The summed E-state index contributed by atoms with van der Waals surface area (Å²) in [6.45, 7) is 10.6. The first-order valence-corrected chi connectivity index (χ1v) is 9.64. The minimum atomic E-state index is -0.930. The SMILES string of the molecule is C=C(CC1C2CC3CC(C2)CC1(CC(=C)C(=O)O)C3)C(=O)O.C=CC(=O)OC. The molecule has 0 radical (unpaired) electrons. The van der Waals surface area contributed by atoms with Crippen molar-refractivity contribution in [2.45, 2.75) is 44.9 Å². The molecular formula is C22H30O6. The Labute approximate surface area is 166 Å². The molecule has 4 bridgehead atoms. The van der Waals surface area contributed by atoms with Gasteiger partial charge in [-0.2, -0.15) is 0 Å². The van der Waals surface area contributed by atoms with Crippen molar-refractivity contribution in [2.75, 3.05) is 7.11 Å². The molecule has 4 fully saturated rings. The summed E-state index contributed by atoms with van der Waals surface area (Å²) in [5, 5.41) is 18.4. The van der Waals surface area contributed by atoms with Gasteiger partial charge in [-0.15, -0.1) is 0 Å². The van der Waals surface area contributed by atoms with E-state index in [4.69, 9.17) is 0 Å². The van der Waals surface area contributed by atoms with Gasteiger partial charge in [-0.25, -0.2) is 14.4 Å². The summed E-state index contributed by atoms with van der Waals surface area (Å²) in [6.07, 6.45) is 7.79. The molecule has 0 heterocycles. The molecule has 0 aliphatic heterocycles. The van der Waals surface area contributed by atoms with Gasteiger partial charge in [0.15, 0.2) is 0 Å². The average molecular weight is 390 g/mol. The number of carboxylic acid groups (broad SMARTS) is 2. The van der Waals surface area contributed by atoms with E-state index in [2.05, 4.69) is 24.5 Å². The highest BCUT2D eigenvalue weighted by Gasteiger charge is 2.56. The van der Waals surface area contributed by atoms with Crippen LogP contribution >= 0.6 is 0 Å². The number of methoxy groups -OCH3 is 1. The normalized spacial score (nSPS) is 31.9. The van der Waals surface area contributed by atoms with E-state index in [9.17, 15) is 24.6 Å². The number of carbonyl (C=O) groups is 3. The van der Waals surface area contributed by atoms with Gasteiger partial charge >= 0.3 is 17.9 Å². The molecule has 4 aliphatic carbocycles. The van der Waals surface area contributed by atoms with Crippen LogP contribution in [0, 0.1) is 29.1 Å². The second kappa shape index (κ2) is 8.76. The van der Waals surface area contributed by atoms with Gasteiger partial charge in [0, 0.05) is 17.2 Å². The van der Waals surface area contributed by atoms with E-state index in [-0.39, 0.29) is 22.5 Å². The average Bonchev–Trinajstić information content (AvgIpc) is 2.63. The van der Waals surface area contributed by atoms with Crippen molar-refractivity contribution >= 4 is 17.9 Å². The maximum atomic E-state index is 11.2. The van der Waals surface area contributed by atoms with E-state index in [0.29, 0.717) is 30.6 Å². The fraction of sp³-hybridized carbons (Fsp3) is 0.591. The van der Waals surface area contributed by atoms with Gasteiger partial charge in [0.25, 0.3) is 0 Å². The number of rotatable bonds is 7. The minimum Gasteiger partial charge on any atom is -0.478 e. The third-order valence-electron chi connectivity index (χ3n) is 6.69. The molecule has 4 aliphatic rings. The van der Waals surface area contributed by atoms with E-state index < -0.39 is 17.9 Å². The molecule has 6 nitrogen and oxygen atoms in total. The van der Waals surface area contributed by atoms with Crippen LogP contribution in [0.1, 0.15) is 44.9 Å². The standard InChI is InChI=1S/C18H24O4.C4H6O2/c1-10(16(19)20)3-15-14-5-12-4-13(6-14)9-18(15,8-12)7-11(2)17(21)22;1-3-4(5)6-2/h12-15H,1-9H2,(H,19,20)(H,21,22);3H,1H2,2H3. The van der Waals surface area contributed by atoms with Gasteiger partial charge < -0.3 is 14.9 Å². The number of aliphatic carboxylic acids is 2. The Morgan fingerprint density at radius 2 is 1.57 bits per heavy atom. The summed E-state index contributed by atoms with van der Waals surface area (Å²) in [5.41, 5.74) is 0.466. The third kappa shape index (κ3) is 4.72. The van der Waals surface area contributed by atoms with Crippen molar-refractivity contribution in [1.82, 2.24) is 0 Å². The Hall–Kier alpha value is -2.37. The van der Waals surface area contributed by atoms with E-state index >= 15 is 0 Å². The highest BCUT2D eigenvalue weighted by Crippen LogP contribution is 2.65. The minimum absolute atomic E-state index is 0.0669. The van der Waals surface area contributed by atoms with E-state index in [0.717, 1.165) is 18.9 Å². The number of esters is 1. The summed E-state index contributed by atoms with van der Waals surface area (Å²) >= 11 is 0. The zero-order valence-electron chi connectivity index (χ0n) is 16.5. The van der Waals surface area contributed by atoms with E-state index in [1.165, 1.54) is 26.4 Å². The number of ether oxygens (including phenoxy) is 1. The predicted octanol–water partition coefficient (Wildman–Crippen LogP) is 3.84. The van der Waals surface area contributed by atoms with Crippen LogP contribution < -0.4 is 0 Å². The van der Waals surface area contributed by atoms with Crippen LogP contribution in [0.25, 0.3) is 0 Å². The second-order valence-corrected chi connectivity index (χ2v) is 8.50. The monoisotopic (exact) mass is 390 g/mol. The molecule has 0 spiro atoms. The van der Waals surface area contributed by atoms with Crippen molar-refractivity contribution in [3.63, 3.8) is 0 Å². The van der Waals surface area contributed by atoms with Crippen molar-refractivity contribution in [3.05, 3.63) is 37.0 Å². The molecule has 4 rings (SSSR count). The first-order valence-electron chi connectivity index (χ1n) is 9.64. The molecule has 0 aromatic heterocycles. The number of hydrogen-bond donors (Lipinski definition) is 2. The lowest BCUT2D eigenvalue weighted by molar-refractivity contribution is -0.138. The number of carbonyl (C=O) groups excluding carboxylic acids is 1. The van der Waals surface area contributed by atoms with Crippen LogP contribution in [0.15, 0.2) is 37.0 Å². The highest BCUT2D eigenvalue weighted by atomic mass is 16.5. The summed E-state index contributed by atoms with van der Waals surface area (Å²) in [5.74, 6) is -0.0894. The molecule has 0 aromatic carbocycles. The number of hydrogen-bond acceptors (Lipinski definition) is 4. The summed E-state index contributed by atoms with van der Waals surface area (Å²) in [7, 11) is 1.31. The topological polar surface area (TPSA) is 101 Å². The zero-order chi connectivity index (χ0) is 21.1. The van der Waals surface area contributed by atoms with Crippen LogP contribution in [0.3, 0.4) is 0 Å². The Bertz CT molecular complexity index is 677. The van der Waals surface area contributed by atoms with Gasteiger partial charge in [0.1, 0.15) is 0 Å². The van der Waals surface area contributed by atoms with Gasteiger partial charge in [0.2, 0.25) is 0 Å². The summed E-state index contributed by atoms with van der Waals surface area (Å²) < 4.78 is 4.14. The number of carboxylic acids is 2. The predicted molar refractivity (Wildman–Crippen MR) is 104 cm³/mol. The lowest BCUT2D eigenvalue weighted by atomic mass is 9.43. The van der Waals surface area contributed by atoms with Crippen molar-refractivity contribution in [3.8, 4) is 0 Å². The molecule has 0 aromatic rings. The molecule has 2 N–H and O–H groups in total. The second-order valence-electron chi connectivity index (χ2n) is 8.50. The van der Waals surface area contributed by atoms with Crippen LogP contribution in [-0.4, -0.2) is 35.2 Å². The highest BCUT2D eigenvalue weighted by molar-refractivity contribution is 5.86. The largest absolute Gasteiger partial charge is 0.478 e. The first kappa shape index (κ1) is 21.9. The molecule has 28 heavy (non-hydrogen) atoms. The molecule has 0 saturated heterocycles. The molecule has 0 amide bonds. The van der Waals surface area contributed by atoms with E-state index in [1.807, 2.05) is 0 Å². The van der Waals surface area contributed by atoms with Gasteiger partial charge in [-0.1, -0.05) is 19.7 Å². The Kier molecular flexibility index (Phi) is 6.86. The maximum Gasteiger partial charge on any atom is 0.330 e. The molecule has 154 valence electrons. The smallest absolute Gasteiger partial charge is 0.330 e. The quantitative estimate of drug-likeness (QED) is 0.506. The molecule has 3 atom stereocenters. The van der Waals surface area contributed by atoms with Gasteiger partial charge in [-0.05, 0) is 74.0 Å². The van der Waals surface area contributed by atoms with Crippen molar-refractivity contribution in [1.29, 1.82) is 0 Å². The third-order valence-corrected chi connectivity index (χ3v) is 6.69. The lowest BCUT2D eigenvalue weighted by Crippen LogP contribution is -2.53. The molecule has 4 saturated carbocycles. The summed E-state index contributed by atoms with van der Waals surface area (Å²) in [6, 6.07) is 0. The van der Waals surface area contributed by atoms with Crippen molar-refractivity contribution in [2.24, 2.45) is 29.1 Å². The Morgan fingerprint density at radius 3 is 1.96 bits per heavy atom. The fourth-order valence-corrected chi connectivity index (χ4v) is 5.91.